The number of hydrogen-bond acceptors (Lipinski definition) is 4. The second-order valence-electron chi connectivity index (χ2n) is 8.46. The fourth-order valence-corrected chi connectivity index (χ4v) is 4.30. The van der Waals surface area contributed by atoms with Crippen molar-refractivity contribution in [3.8, 4) is 0 Å². The zero-order valence-electron chi connectivity index (χ0n) is 15.8. The van der Waals surface area contributed by atoms with Crippen LogP contribution in [0.15, 0.2) is 11.9 Å². The molecule has 1 unspecified atom stereocenters. The van der Waals surface area contributed by atoms with Crippen molar-refractivity contribution in [1.82, 2.24) is 9.80 Å². The summed E-state index contributed by atoms with van der Waals surface area (Å²) in [4.78, 5) is 16.5. The maximum atomic E-state index is 12.1. The first kappa shape index (κ1) is 19.1. The molecule has 0 saturated heterocycles. The van der Waals surface area contributed by atoms with E-state index in [-0.39, 0.29) is 29.6 Å². The summed E-state index contributed by atoms with van der Waals surface area (Å²) < 4.78 is 0. The van der Waals surface area contributed by atoms with Crippen LogP contribution < -0.4 is 5.73 Å². The molecule has 1 amide bonds. The largest absolute Gasteiger partial charge is 0.396 e. The quantitative estimate of drug-likeness (QED) is 0.701. The summed E-state index contributed by atoms with van der Waals surface area (Å²) in [6.45, 7) is 9.63. The van der Waals surface area contributed by atoms with E-state index in [0.29, 0.717) is 5.70 Å². The molecule has 1 heterocycles. The summed E-state index contributed by atoms with van der Waals surface area (Å²) in [5.41, 5.74) is 6.01. The van der Waals surface area contributed by atoms with Gasteiger partial charge in [0.25, 0.3) is 5.91 Å². The van der Waals surface area contributed by atoms with E-state index < -0.39 is 0 Å². The SMILES string of the molecule is CCCCCN1C(C(N)=O)=CN(C(C)(C)C)C1C1(CO)CCCC1. The van der Waals surface area contributed by atoms with E-state index in [1.807, 2.05) is 6.20 Å². The van der Waals surface area contributed by atoms with Crippen molar-refractivity contribution in [1.29, 1.82) is 0 Å². The number of nitrogens with two attached hydrogens (primary N) is 1. The molecule has 3 N–H and O–H groups in total. The molecule has 1 atom stereocenters. The molecule has 138 valence electrons. The van der Waals surface area contributed by atoms with Crippen LogP contribution in [0.1, 0.15) is 72.6 Å². The van der Waals surface area contributed by atoms with Gasteiger partial charge in [-0.15, -0.1) is 0 Å². The predicted molar refractivity (Wildman–Crippen MR) is 96.9 cm³/mol. The summed E-state index contributed by atoms with van der Waals surface area (Å²) in [5, 5.41) is 10.3. The fourth-order valence-electron chi connectivity index (χ4n) is 4.30. The van der Waals surface area contributed by atoms with Crippen molar-refractivity contribution in [3.05, 3.63) is 11.9 Å². The zero-order chi connectivity index (χ0) is 18.0. The lowest BCUT2D eigenvalue weighted by Crippen LogP contribution is -2.58. The lowest BCUT2D eigenvalue weighted by atomic mass is 9.81. The molecule has 0 bridgehead atoms. The topological polar surface area (TPSA) is 69.8 Å². The molecule has 0 aromatic carbocycles. The van der Waals surface area contributed by atoms with Crippen LogP contribution in [0.5, 0.6) is 0 Å². The molecule has 1 saturated carbocycles. The van der Waals surface area contributed by atoms with Gasteiger partial charge < -0.3 is 20.6 Å². The highest BCUT2D eigenvalue weighted by Gasteiger charge is 2.52. The van der Waals surface area contributed by atoms with E-state index in [9.17, 15) is 9.90 Å². The first-order valence-electron chi connectivity index (χ1n) is 9.44. The highest BCUT2D eigenvalue weighted by Crippen LogP contribution is 2.48. The minimum Gasteiger partial charge on any atom is -0.396 e. The Bertz CT molecular complexity index is 475. The second kappa shape index (κ2) is 7.34. The highest BCUT2D eigenvalue weighted by molar-refractivity contribution is 5.91. The maximum absolute atomic E-state index is 12.1. The third-order valence-corrected chi connectivity index (χ3v) is 5.62. The van der Waals surface area contributed by atoms with Gasteiger partial charge in [0.05, 0.1) is 6.61 Å². The molecule has 2 rings (SSSR count). The van der Waals surface area contributed by atoms with Gasteiger partial charge in [0.15, 0.2) is 0 Å². The molecule has 5 nitrogen and oxygen atoms in total. The van der Waals surface area contributed by atoms with Gasteiger partial charge in [-0.05, 0) is 40.0 Å². The number of hydrogen-bond donors (Lipinski definition) is 2. The Labute approximate surface area is 146 Å². The van der Waals surface area contributed by atoms with E-state index in [2.05, 4.69) is 37.5 Å². The van der Waals surface area contributed by atoms with E-state index >= 15 is 0 Å². The van der Waals surface area contributed by atoms with Gasteiger partial charge in [-0.2, -0.15) is 0 Å². The van der Waals surface area contributed by atoms with Crippen LogP contribution in [-0.4, -0.2) is 45.7 Å². The Morgan fingerprint density at radius 2 is 1.96 bits per heavy atom. The average Bonchev–Trinajstić information content (AvgIpc) is 3.11. The van der Waals surface area contributed by atoms with Crippen LogP contribution in [0.3, 0.4) is 0 Å². The molecule has 0 spiro atoms. The minimum absolute atomic E-state index is 0.0179. The third kappa shape index (κ3) is 3.56. The van der Waals surface area contributed by atoms with Crippen molar-refractivity contribution in [2.75, 3.05) is 13.2 Å². The molecular weight excluding hydrogens is 302 g/mol. The average molecular weight is 338 g/mol. The van der Waals surface area contributed by atoms with Crippen LogP contribution in [0, 0.1) is 5.41 Å². The zero-order valence-corrected chi connectivity index (χ0v) is 15.8. The van der Waals surface area contributed by atoms with Gasteiger partial charge >= 0.3 is 0 Å². The van der Waals surface area contributed by atoms with Crippen molar-refractivity contribution >= 4 is 5.91 Å². The Morgan fingerprint density at radius 1 is 1.33 bits per heavy atom. The monoisotopic (exact) mass is 337 g/mol. The Hall–Kier alpha value is -1.23. The van der Waals surface area contributed by atoms with Crippen LogP contribution in [0.4, 0.5) is 0 Å². The normalized spacial score (nSPS) is 23.7. The Morgan fingerprint density at radius 3 is 2.42 bits per heavy atom. The van der Waals surface area contributed by atoms with Crippen LogP contribution in [-0.2, 0) is 4.79 Å². The van der Waals surface area contributed by atoms with Crippen molar-refractivity contribution in [2.24, 2.45) is 11.1 Å². The van der Waals surface area contributed by atoms with Gasteiger partial charge in [0, 0.05) is 23.7 Å². The number of nitrogens with zero attached hydrogens (tertiary/aromatic N) is 2. The van der Waals surface area contributed by atoms with Crippen molar-refractivity contribution in [2.45, 2.75) is 84.3 Å². The number of unbranched alkanes of at least 4 members (excludes halogenated alkanes) is 2. The maximum Gasteiger partial charge on any atom is 0.266 e. The smallest absolute Gasteiger partial charge is 0.266 e. The molecule has 24 heavy (non-hydrogen) atoms. The van der Waals surface area contributed by atoms with Gasteiger partial charge in [-0.25, -0.2) is 0 Å². The number of rotatable bonds is 7. The first-order chi connectivity index (χ1) is 11.3. The first-order valence-corrected chi connectivity index (χ1v) is 9.44. The minimum atomic E-state index is -0.366. The fraction of sp³-hybridized carbons (Fsp3) is 0.842. The van der Waals surface area contributed by atoms with Crippen molar-refractivity contribution in [3.63, 3.8) is 0 Å². The number of primary amides is 1. The highest BCUT2D eigenvalue weighted by atomic mass is 16.3. The summed E-state index contributed by atoms with van der Waals surface area (Å²) in [6, 6.07) is 0. The van der Waals surface area contributed by atoms with Crippen LogP contribution in [0.2, 0.25) is 0 Å². The molecule has 0 radical (unpaired) electrons. The summed E-state index contributed by atoms with van der Waals surface area (Å²) in [6.07, 6.45) is 9.57. The second-order valence-corrected chi connectivity index (χ2v) is 8.46. The van der Waals surface area contributed by atoms with E-state index in [1.54, 1.807) is 0 Å². The van der Waals surface area contributed by atoms with Gasteiger partial charge in [-0.3, -0.25) is 4.79 Å². The number of carbonyl (C=O) groups excluding carboxylic acids is 1. The summed E-state index contributed by atoms with van der Waals surface area (Å²) in [7, 11) is 0. The lowest BCUT2D eigenvalue weighted by Gasteiger charge is -2.49. The van der Waals surface area contributed by atoms with Gasteiger partial charge in [-0.1, -0.05) is 32.6 Å². The molecule has 5 heteroatoms. The Kier molecular flexibility index (Phi) is 5.84. The molecule has 1 aliphatic carbocycles. The molecule has 2 aliphatic rings. The standard InChI is InChI=1S/C19H35N3O2/c1-5-6-9-12-21-15(16(20)24)13-22(18(2,3)4)17(21)19(14-23)10-7-8-11-19/h13,17,23H,5-12,14H2,1-4H3,(H2,20,24). The Balaban J connectivity index is 2.40. The molecule has 1 aliphatic heterocycles. The van der Waals surface area contributed by atoms with Gasteiger partial charge in [0.1, 0.15) is 11.9 Å². The molecule has 1 fully saturated rings. The van der Waals surface area contributed by atoms with E-state index in [0.717, 1.165) is 51.5 Å². The number of aliphatic hydroxyl groups is 1. The molecule has 0 aromatic rings. The van der Waals surface area contributed by atoms with Crippen LogP contribution in [0.25, 0.3) is 0 Å². The number of aliphatic hydroxyl groups excluding tert-OH is 1. The number of carbonyl (C=O) groups is 1. The van der Waals surface area contributed by atoms with Crippen molar-refractivity contribution < 1.29 is 9.90 Å². The van der Waals surface area contributed by atoms with Crippen LogP contribution >= 0.6 is 0 Å². The van der Waals surface area contributed by atoms with E-state index in [4.69, 9.17) is 5.73 Å². The lowest BCUT2D eigenvalue weighted by molar-refractivity contribution is -0.117. The summed E-state index contributed by atoms with van der Waals surface area (Å²) >= 11 is 0. The predicted octanol–water partition coefficient (Wildman–Crippen LogP) is 2.80. The number of amides is 1. The summed E-state index contributed by atoms with van der Waals surface area (Å²) in [5.74, 6) is -0.366. The third-order valence-electron chi connectivity index (χ3n) is 5.62. The van der Waals surface area contributed by atoms with E-state index in [1.165, 1.54) is 0 Å². The molecular formula is C19H35N3O2. The van der Waals surface area contributed by atoms with Gasteiger partial charge in [0.2, 0.25) is 0 Å². The molecule has 0 aromatic heterocycles.